The van der Waals surface area contributed by atoms with Crippen molar-refractivity contribution in [3.8, 4) is 0 Å². The fourth-order valence-corrected chi connectivity index (χ4v) is 30.0. The van der Waals surface area contributed by atoms with Crippen molar-refractivity contribution >= 4 is 51.0 Å². The van der Waals surface area contributed by atoms with Gasteiger partial charge in [-0.1, -0.05) is 262 Å². The molecule has 11 aliphatic rings. The first-order valence-corrected chi connectivity index (χ1v) is 64.3. The number of aliphatic hydroxyl groups excluding tert-OH is 3. The van der Waals surface area contributed by atoms with Gasteiger partial charge in [-0.15, -0.1) is 6.58 Å². The molecule has 131 heavy (non-hydrogen) atoms. The second-order valence-electron chi connectivity index (χ2n) is 51.4. The minimum absolute atomic E-state index is 0.00803. The topological polar surface area (TPSA) is 167 Å². The third-order valence-corrected chi connectivity index (χ3v) is 55.7. The molecule has 748 valence electrons. The van der Waals surface area contributed by atoms with Gasteiger partial charge in [-0.3, -0.25) is 14.4 Å². The van der Waals surface area contributed by atoms with Gasteiger partial charge in [0.25, 0.3) is 0 Å². The Bertz CT molecular complexity index is 3920. The molecule has 0 spiro atoms. The molecule has 12 nitrogen and oxygen atoms in total. The van der Waals surface area contributed by atoms with Crippen molar-refractivity contribution in [1.82, 2.24) is 0 Å². The largest absolute Gasteiger partial charge is 0.466 e. The fraction of sp³-hybridized carbons (Fsp3) is 0.800. The van der Waals surface area contributed by atoms with Crippen LogP contribution in [-0.4, -0.2) is 123 Å². The zero-order chi connectivity index (χ0) is 98.7. The molecule has 23 atom stereocenters. The standard InChI is InChI=1S/C36H64O4Si2.C28H44O.C23H44O2Si2.C15H24O3.C13H24O2/c1-25(24-38-27(3)37)30-19-20-31-29(16-15-21-36(30,31)10)18-17-28-22-32(39-41(11,12)34(4,5)6)26(2)33(23-28)40-42(13,14)35(7,8)9;1-19(2)20(3)9-10-22(5)26-15-16-27-23(8-7-17-28(26,27)6)12-13-24-18-25(29)14-11-21(24)4;1-13-14-15-19-16-20(24-26(9,10)22(3,4)5)18(2)21(17-19)25-27(11,12)23(6,7)8;1-10(9-18-11(2)16)12-6-7-13-14(17)5-4-8-15(12,13)3;1-9(8-14)10-5-6-11-12(15)4-3-7-13(10,11)2/h17-18,25,30-33H,2,15-16,19-24H2,1,3-14H3;9-10,12-13,19-20,22,25-27,29H,4,7-8,11,14-18H2,1-3,5-6H3;13,15,20-21H,1-2,14,16-17H2,3-12H3;10,12-13H,4-9H2,1-3H3;9-12,14-15H,3-8H2,1-2H3/b29-18+;10-9+,23-12+,24-13-;;;/t25-,30-,31+,32-,33-,36-;20-,22+,25-,26+,27-,28+;20-,21-;10-,12-,13+,15-;9-,10-,11+,12+,13-/m10111/s1. The Morgan fingerprint density at radius 3 is 1.26 bits per heavy atom. The molecule has 0 aromatic rings. The van der Waals surface area contributed by atoms with Crippen molar-refractivity contribution in [1.29, 1.82) is 0 Å². The van der Waals surface area contributed by atoms with Crippen molar-refractivity contribution in [3.63, 3.8) is 0 Å². The van der Waals surface area contributed by atoms with Gasteiger partial charge >= 0.3 is 11.9 Å². The zero-order valence-corrected chi connectivity index (χ0v) is 94.4. The van der Waals surface area contributed by atoms with Crippen LogP contribution in [0.2, 0.25) is 72.5 Å². The molecular weight excluding hydrogens is 1690 g/mol. The fourth-order valence-electron chi connectivity index (χ4n) is 24.8. The van der Waals surface area contributed by atoms with Gasteiger partial charge in [0.15, 0.2) is 33.3 Å². The number of hydrogen-bond acceptors (Lipinski definition) is 12. The number of ether oxygens (including phenoxy) is 2. The van der Waals surface area contributed by atoms with Crippen molar-refractivity contribution in [2.45, 2.75) is 462 Å². The summed E-state index contributed by atoms with van der Waals surface area (Å²) in [5.74, 6) is 7.91. The van der Waals surface area contributed by atoms with Crippen LogP contribution in [0.1, 0.15) is 353 Å². The van der Waals surface area contributed by atoms with Gasteiger partial charge in [0.2, 0.25) is 0 Å². The van der Waals surface area contributed by atoms with Crippen LogP contribution in [-0.2, 0) is 41.6 Å². The van der Waals surface area contributed by atoms with Gasteiger partial charge in [-0.05, 0) is 355 Å². The summed E-state index contributed by atoms with van der Waals surface area (Å²) in [6, 6.07) is 0. The molecule has 0 aromatic heterocycles. The van der Waals surface area contributed by atoms with E-state index in [-0.39, 0.29) is 85.5 Å². The first kappa shape index (κ1) is 115. The number of Topliss-reactive ketones (excluding diaryl/α,β-unsaturated/α-hetero) is 1. The smallest absolute Gasteiger partial charge is 0.302 e. The van der Waals surface area contributed by atoms with Crippen molar-refractivity contribution in [2.24, 2.45) is 105 Å². The lowest BCUT2D eigenvalue weighted by molar-refractivity contribution is -0.144. The Hall–Kier alpha value is -3.40. The highest BCUT2D eigenvalue weighted by Gasteiger charge is 2.57. The van der Waals surface area contributed by atoms with Crippen LogP contribution in [0.3, 0.4) is 0 Å². The second-order valence-corrected chi connectivity index (χ2v) is 70.4. The van der Waals surface area contributed by atoms with Gasteiger partial charge in [-0.2, -0.15) is 0 Å². The number of esters is 2. The molecule has 11 aliphatic carbocycles. The number of fused-ring (bicyclic) bond motifs is 4. The van der Waals surface area contributed by atoms with E-state index in [2.05, 4.69) is 280 Å². The van der Waals surface area contributed by atoms with E-state index >= 15 is 0 Å². The van der Waals surface area contributed by atoms with Crippen molar-refractivity contribution in [3.05, 3.63) is 120 Å². The summed E-state index contributed by atoms with van der Waals surface area (Å²) in [7, 11) is -7.71. The van der Waals surface area contributed by atoms with E-state index < -0.39 is 33.3 Å². The predicted molar refractivity (Wildman–Crippen MR) is 563 cm³/mol. The first-order chi connectivity index (χ1) is 60.4. The molecule has 11 rings (SSSR count). The Kier molecular flexibility index (Phi) is 40.9. The summed E-state index contributed by atoms with van der Waals surface area (Å²) in [5, 5.41) is 30.1. The SMILES string of the molecule is C=C1CC[C@H](O)C/C1=C/C=C1\CCC[C@]2(C)[C@@H]([C@H](C)/C=C/[C@H](C)C(C)C)CC[C@@H]12.C=C1[C@H](O[Si](C)(C)C(C)(C)C)CC(=C/C=C2\CCC[C@]3(C)[C@@H]([C@H](C)COC(C)=O)CC[C@@H]23)C[C@H]1O[Si](C)(C)C(C)(C)C.C=CCC=C1C[C@@H](O[Si](C)(C)C(C)(C)C)C(=C)[C@H](O[Si](C)(C)C(C)(C)C)C1.CC(=O)OC[C@@H](C)[C@H]1CC[C@H]2C(=O)CCC[C@]12C.C[C@H](CO)[C@H]1CC[C@H]2[C@@H](O)CCC[C@]12C. The maximum Gasteiger partial charge on any atom is 0.302 e. The molecule has 3 N–H and O–H groups in total. The number of allylic oxidation sites excluding steroid dienone is 11. The molecule has 0 radical (unpaired) electrons. The highest BCUT2D eigenvalue weighted by atomic mass is 28.4. The highest BCUT2D eigenvalue weighted by Crippen LogP contribution is 2.63. The number of carbonyl (C=O) groups is 3. The van der Waals surface area contributed by atoms with Gasteiger partial charge in [0, 0.05) is 32.8 Å². The zero-order valence-electron chi connectivity index (χ0n) is 90.4. The summed E-state index contributed by atoms with van der Waals surface area (Å²) < 4.78 is 38.3. The van der Waals surface area contributed by atoms with Crippen LogP contribution in [0.25, 0.3) is 0 Å². The highest BCUT2D eigenvalue weighted by molar-refractivity contribution is 6.75. The molecule has 16 heteroatoms. The predicted octanol–water partition coefficient (Wildman–Crippen LogP) is 30.8. The van der Waals surface area contributed by atoms with E-state index in [1.807, 2.05) is 6.08 Å². The van der Waals surface area contributed by atoms with E-state index in [1.54, 1.807) is 11.1 Å². The Morgan fingerprint density at radius 1 is 0.458 bits per heavy atom. The molecule has 11 saturated carbocycles. The molecule has 0 saturated heterocycles. The van der Waals surface area contributed by atoms with Crippen LogP contribution < -0.4 is 0 Å². The second kappa shape index (κ2) is 46.8. The minimum atomic E-state index is -1.98. The normalized spacial score (nSPS) is 33.7. The van der Waals surface area contributed by atoms with E-state index in [0.29, 0.717) is 95.6 Å². The van der Waals surface area contributed by atoms with E-state index in [4.69, 9.17) is 27.2 Å². The van der Waals surface area contributed by atoms with E-state index in [9.17, 15) is 29.7 Å². The Balaban J connectivity index is 0.000000234. The maximum absolute atomic E-state index is 12.0. The Labute approximate surface area is 808 Å². The van der Waals surface area contributed by atoms with Crippen LogP contribution in [0.4, 0.5) is 0 Å². The molecule has 0 amide bonds. The maximum atomic E-state index is 12.0. The minimum Gasteiger partial charge on any atom is -0.466 e. The van der Waals surface area contributed by atoms with Crippen LogP contribution >= 0.6 is 0 Å². The Morgan fingerprint density at radius 2 is 0.840 bits per heavy atom. The third kappa shape index (κ3) is 28.9. The lowest BCUT2D eigenvalue weighted by Crippen LogP contribution is -2.49. The quantitative estimate of drug-likeness (QED) is 0.0476. The molecule has 0 aliphatic heterocycles. The molecule has 0 heterocycles. The van der Waals surface area contributed by atoms with E-state index in [0.717, 1.165) is 132 Å². The lowest BCUT2D eigenvalue weighted by atomic mass is 9.61. The molecule has 11 fully saturated rings. The van der Waals surface area contributed by atoms with Gasteiger partial charge in [0.05, 0.1) is 49.8 Å². The van der Waals surface area contributed by atoms with E-state index in [1.165, 1.54) is 113 Å². The average Bonchev–Trinajstić information content (AvgIpc) is 1.65. The first-order valence-electron chi connectivity index (χ1n) is 52.7. The lowest BCUT2D eigenvalue weighted by Gasteiger charge is -2.46. The number of aliphatic hydroxyl groups is 3. The van der Waals surface area contributed by atoms with Crippen molar-refractivity contribution < 1.29 is 56.9 Å². The molecule has 0 bridgehead atoms. The summed E-state index contributed by atoms with van der Waals surface area (Å²) in [6.45, 7) is 93.6. The monoisotopic (exact) mass is 1890 g/mol. The number of carbonyl (C=O) groups excluding carboxylic acids is 3. The van der Waals surface area contributed by atoms with Crippen LogP contribution in [0, 0.1) is 105 Å². The van der Waals surface area contributed by atoms with Gasteiger partial charge in [-0.25, -0.2) is 0 Å². The van der Waals surface area contributed by atoms with Crippen LogP contribution in [0.5, 0.6) is 0 Å². The molecule has 0 aromatic carbocycles. The summed E-state index contributed by atoms with van der Waals surface area (Å²) in [4.78, 5) is 34.4. The number of hydrogen-bond donors (Lipinski definition) is 3. The summed E-state index contributed by atoms with van der Waals surface area (Å²) in [6.07, 6.45) is 49.6. The molecular formula is C115H200O12Si4. The third-order valence-electron chi connectivity index (χ3n) is 37.7. The number of ketones is 1. The van der Waals surface area contributed by atoms with Crippen LogP contribution in [0.15, 0.2) is 120 Å². The van der Waals surface area contributed by atoms with Gasteiger partial charge < -0.3 is 42.5 Å². The summed E-state index contributed by atoms with van der Waals surface area (Å²) in [5.41, 5.74) is 12.1. The summed E-state index contributed by atoms with van der Waals surface area (Å²) >= 11 is 0. The van der Waals surface area contributed by atoms with Gasteiger partial charge in [0.1, 0.15) is 5.78 Å². The molecule has 0 unspecified atom stereocenters. The average molecular weight is 1890 g/mol. The number of rotatable bonds is 24. The van der Waals surface area contributed by atoms with Crippen molar-refractivity contribution in [2.75, 3.05) is 19.8 Å².